The van der Waals surface area contributed by atoms with E-state index in [9.17, 15) is 0 Å². The van der Waals surface area contributed by atoms with Crippen molar-refractivity contribution in [2.75, 3.05) is 19.7 Å². The third-order valence-electron chi connectivity index (χ3n) is 4.93. The molecule has 1 fully saturated rings. The number of aliphatic imine (C=N–C) groups is 1. The molecular weight excluding hydrogens is 479 g/mol. The molecule has 0 radical (unpaired) electrons. The monoisotopic (exact) mass is 512 g/mol. The zero-order valence-electron chi connectivity index (χ0n) is 17.2. The Morgan fingerprint density at radius 1 is 1.14 bits per heavy atom. The molecule has 1 aromatic heterocycles. The maximum atomic E-state index is 6.05. The molecular formula is C21H33IN6O. The smallest absolute Gasteiger partial charge is 0.191 e. The van der Waals surface area contributed by atoms with Crippen molar-refractivity contribution in [1.29, 1.82) is 0 Å². The van der Waals surface area contributed by atoms with E-state index in [0.717, 1.165) is 30.6 Å². The number of para-hydroxylation sites is 1. The van der Waals surface area contributed by atoms with Crippen LogP contribution in [0.4, 0.5) is 0 Å². The molecule has 0 aliphatic heterocycles. The van der Waals surface area contributed by atoms with Gasteiger partial charge in [0.15, 0.2) is 11.8 Å². The maximum Gasteiger partial charge on any atom is 0.191 e. The van der Waals surface area contributed by atoms with E-state index in [0.29, 0.717) is 19.3 Å². The second-order valence-electron chi connectivity index (χ2n) is 7.06. The van der Waals surface area contributed by atoms with E-state index >= 15 is 0 Å². The first-order valence-electron chi connectivity index (χ1n) is 10.4. The van der Waals surface area contributed by atoms with Gasteiger partial charge in [0.1, 0.15) is 12.9 Å². The molecule has 1 aliphatic rings. The van der Waals surface area contributed by atoms with Crippen LogP contribution < -0.4 is 10.6 Å². The SMILES string of the molecule is CCNC(=NCc1nncn1-c1ccccc1)NCCOC1CCCCCC1.I. The second kappa shape index (κ2) is 13.5. The van der Waals surface area contributed by atoms with Crippen molar-refractivity contribution < 1.29 is 4.74 Å². The molecule has 1 aromatic carbocycles. The Labute approximate surface area is 190 Å². The molecule has 160 valence electrons. The molecule has 0 bridgehead atoms. The molecule has 7 nitrogen and oxygen atoms in total. The Kier molecular flexibility index (Phi) is 11.0. The number of nitrogens with one attached hydrogen (secondary N) is 2. The number of guanidine groups is 1. The van der Waals surface area contributed by atoms with Crippen LogP contribution in [0.5, 0.6) is 0 Å². The van der Waals surface area contributed by atoms with Gasteiger partial charge in [-0.15, -0.1) is 34.2 Å². The number of ether oxygens (including phenoxy) is 1. The van der Waals surface area contributed by atoms with E-state index in [1.165, 1.54) is 38.5 Å². The van der Waals surface area contributed by atoms with Crippen LogP contribution in [-0.2, 0) is 11.3 Å². The number of hydrogen-bond acceptors (Lipinski definition) is 4. The Morgan fingerprint density at radius 2 is 1.90 bits per heavy atom. The van der Waals surface area contributed by atoms with Gasteiger partial charge in [-0.1, -0.05) is 43.9 Å². The third kappa shape index (κ3) is 7.93. The molecule has 0 saturated heterocycles. The summed E-state index contributed by atoms with van der Waals surface area (Å²) < 4.78 is 8.01. The Balaban J connectivity index is 0.00000300. The fourth-order valence-electron chi connectivity index (χ4n) is 3.47. The summed E-state index contributed by atoms with van der Waals surface area (Å²) in [7, 11) is 0. The normalized spacial score (nSPS) is 15.4. The average Bonchev–Trinajstić information content (AvgIpc) is 3.05. The topological polar surface area (TPSA) is 76.4 Å². The highest BCUT2D eigenvalue weighted by Gasteiger charge is 2.12. The molecule has 1 aliphatic carbocycles. The third-order valence-corrected chi connectivity index (χ3v) is 4.93. The largest absolute Gasteiger partial charge is 0.376 e. The Hall–Kier alpha value is -1.68. The van der Waals surface area contributed by atoms with Gasteiger partial charge < -0.3 is 15.4 Å². The van der Waals surface area contributed by atoms with Crippen molar-refractivity contribution in [2.45, 2.75) is 58.1 Å². The van der Waals surface area contributed by atoms with E-state index in [-0.39, 0.29) is 24.0 Å². The van der Waals surface area contributed by atoms with Gasteiger partial charge in [-0.3, -0.25) is 4.57 Å². The van der Waals surface area contributed by atoms with Gasteiger partial charge in [0.2, 0.25) is 0 Å². The van der Waals surface area contributed by atoms with Crippen LogP contribution in [0.2, 0.25) is 0 Å². The lowest BCUT2D eigenvalue weighted by atomic mass is 10.1. The van der Waals surface area contributed by atoms with Crippen molar-refractivity contribution in [3.05, 3.63) is 42.5 Å². The molecule has 2 aromatic rings. The Morgan fingerprint density at radius 3 is 2.62 bits per heavy atom. The summed E-state index contributed by atoms with van der Waals surface area (Å²) in [6.07, 6.45) is 9.84. The summed E-state index contributed by atoms with van der Waals surface area (Å²) in [5.74, 6) is 1.58. The van der Waals surface area contributed by atoms with Crippen LogP contribution in [-0.4, -0.2) is 46.5 Å². The summed E-state index contributed by atoms with van der Waals surface area (Å²) in [5, 5.41) is 14.9. The zero-order chi connectivity index (χ0) is 19.4. The molecule has 0 unspecified atom stereocenters. The highest BCUT2D eigenvalue weighted by Crippen LogP contribution is 2.19. The number of halogens is 1. The summed E-state index contributed by atoms with van der Waals surface area (Å²) in [5.41, 5.74) is 1.03. The molecule has 8 heteroatoms. The predicted molar refractivity (Wildman–Crippen MR) is 127 cm³/mol. The highest BCUT2D eigenvalue weighted by atomic mass is 127. The maximum absolute atomic E-state index is 6.05. The lowest BCUT2D eigenvalue weighted by Gasteiger charge is -2.16. The molecule has 29 heavy (non-hydrogen) atoms. The van der Waals surface area contributed by atoms with Crippen molar-refractivity contribution >= 4 is 29.9 Å². The quantitative estimate of drug-likeness (QED) is 0.186. The highest BCUT2D eigenvalue weighted by molar-refractivity contribution is 14.0. The predicted octanol–water partition coefficient (Wildman–Crippen LogP) is 3.68. The minimum absolute atomic E-state index is 0. The van der Waals surface area contributed by atoms with Crippen LogP contribution in [0.1, 0.15) is 51.3 Å². The molecule has 2 N–H and O–H groups in total. The van der Waals surface area contributed by atoms with E-state index < -0.39 is 0 Å². The molecule has 0 spiro atoms. The van der Waals surface area contributed by atoms with Gasteiger partial charge in [-0.25, -0.2) is 4.99 Å². The van der Waals surface area contributed by atoms with Crippen molar-refractivity contribution in [1.82, 2.24) is 25.4 Å². The minimum Gasteiger partial charge on any atom is -0.376 e. The average molecular weight is 512 g/mol. The number of nitrogens with zero attached hydrogens (tertiary/aromatic N) is 4. The van der Waals surface area contributed by atoms with E-state index in [4.69, 9.17) is 4.74 Å². The van der Waals surface area contributed by atoms with Crippen LogP contribution in [0, 0.1) is 0 Å². The summed E-state index contributed by atoms with van der Waals surface area (Å²) in [6.45, 7) is 4.77. The Bertz CT molecular complexity index is 713. The van der Waals surface area contributed by atoms with Crippen LogP contribution in [0.15, 0.2) is 41.7 Å². The fraction of sp³-hybridized carbons (Fsp3) is 0.571. The standard InChI is InChI=1S/C21H32N6O.HI/c1-2-22-21(23-14-15-28-19-12-8-3-4-9-13-19)24-16-20-26-25-17-27(20)18-10-6-5-7-11-18;/h5-7,10-11,17,19H,2-4,8-9,12-16H2,1H3,(H2,22,23,24);1H. The molecule has 1 heterocycles. The van der Waals surface area contributed by atoms with Gasteiger partial charge in [0.05, 0.1) is 12.7 Å². The number of aromatic nitrogens is 3. The lowest BCUT2D eigenvalue weighted by molar-refractivity contribution is 0.0468. The fourth-order valence-corrected chi connectivity index (χ4v) is 3.47. The van der Waals surface area contributed by atoms with Crippen molar-refractivity contribution in [3.8, 4) is 5.69 Å². The van der Waals surface area contributed by atoms with Crippen LogP contribution in [0.25, 0.3) is 5.69 Å². The molecule has 0 amide bonds. The van der Waals surface area contributed by atoms with Gasteiger partial charge in [-0.05, 0) is 31.9 Å². The van der Waals surface area contributed by atoms with E-state index in [1.54, 1.807) is 6.33 Å². The van der Waals surface area contributed by atoms with Gasteiger partial charge in [0, 0.05) is 18.8 Å². The first-order valence-corrected chi connectivity index (χ1v) is 10.4. The molecule has 3 rings (SSSR count). The molecule has 1 saturated carbocycles. The summed E-state index contributed by atoms with van der Waals surface area (Å²) in [6, 6.07) is 10.1. The first kappa shape index (κ1) is 23.6. The van der Waals surface area contributed by atoms with Crippen LogP contribution in [0.3, 0.4) is 0 Å². The van der Waals surface area contributed by atoms with E-state index in [1.807, 2.05) is 34.9 Å². The summed E-state index contributed by atoms with van der Waals surface area (Å²) in [4.78, 5) is 4.66. The van der Waals surface area contributed by atoms with Crippen LogP contribution >= 0.6 is 24.0 Å². The van der Waals surface area contributed by atoms with Gasteiger partial charge in [0.25, 0.3) is 0 Å². The number of rotatable bonds is 8. The lowest BCUT2D eigenvalue weighted by Crippen LogP contribution is -2.39. The summed E-state index contributed by atoms with van der Waals surface area (Å²) >= 11 is 0. The second-order valence-corrected chi connectivity index (χ2v) is 7.06. The number of hydrogen-bond donors (Lipinski definition) is 2. The van der Waals surface area contributed by atoms with E-state index in [2.05, 4.69) is 32.7 Å². The zero-order valence-corrected chi connectivity index (χ0v) is 19.5. The molecule has 0 atom stereocenters. The van der Waals surface area contributed by atoms with Gasteiger partial charge in [-0.2, -0.15) is 0 Å². The van der Waals surface area contributed by atoms with Gasteiger partial charge >= 0.3 is 0 Å². The number of benzene rings is 1. The first-order chi connectivity index (χ1) is 13.9. The van der Waals surface area contributed by atoms with Crippen molar-refractivity contribution in [2.24, 2.45) is 4.99 Å². The minimum atomic E-state index is 0. The van der Waals surface area contributed by atoms with Crippen molar-refractivity contribution in [3.63, 3.8) is 0 Å².